The van der Waals surface area contributed by atoms with E-state index in [-0.39, 0.29) is 16.7 Å². The third-order valence-corrected chi connectivity index (χ3v) is 3.68. The number of ether oxygens (including phenoxy) is 1. The number of nitrogens with zero attached hydrogens (tertiary/aromatic N) is 4. The molecule has 2 aromatic carbocycles. The molecule has 27 heavy (non-hydrogen) atoms. The predicted molar refractivity (Wildman–Crippen MR) is 87.9 cm³/mol. The molecule has 0 aliphatic carbocycles. The highest BCUT2D eigenvalue weighted by atomic mass is 19.4. The molecule has 10 heteroatoms. The molecular weight excluding hydrogens is 365 g/mol. The third kappa shape index (κ3) is 5.19. The first-order chi connectivity index (χ1) is 12.8. The quantitative estimate of drug-likeness (QED) is 0.637. The van der Waals surface area contributed by atoms with E-state index in [2.05, 4.69) is 14.8 Å². The molecule has 0 radical (unpaired) electrons. The lowest BCUT2D eigenvalue weighted by Crippen LogP contribution is -2.17. The lowest BCUT2D eigenvalue weighted by molar-refractivity contribution is -0.274. The average Bonchev–Trinajstić information content (AvgIpc) is 3.08. The van der Waals surface area contributed by atoms with Gasteiger partial charge in [-0.15, -0.1) is 18.4 Å². The molecule has 1 aromatic heterocycles. The Morgan fingerprint density at radius 1 is 0.963 bits per heavy atom. The van der Waals surface area contributed by atoms with Gasteiger partial charge in [0.15, 0.2) is 5.82 Å². The van der Waals surface area contributed by atoms with E-state index in [0.717, 1.165) is 5.56 Å². The van der Waals surface area contributed by atoms with Gasteiger partial charge in [0.2, 0.25) is 0 Å². The van der Waals surface area contributed by atoms with Gasteiger partial charge in [-0.2, -0.15) is 5.10 Å². The standard InChI is InChI=1S/C17H15F3N4O3/c18-17(19,20)27-15-8-6-13(7-9-15)23-11-21-16(22-23)10-3-12-1-4-14(5-2-12)24(25)26/h1-2,4-9,11,25-26H,3,10H2. The van der Waals surface area contributed by atoms with Crippen molar-refractivity contribution in [3.05, 3.63) is 66.2 Å². The van der Waals surface area contributed by atoms with E-state index in [1.807, 2.05) is 0 Å². The zero-order valence-electron chi connectivity index (χ0n) is 13.8. The molecule has 0 aliphatic rings. The molecule has 0 unspecified atom stereocenters. The molecule has 7 nitrogen and oxygen atoms in total. The van der Waals surface area contributed by atoms with Crippen molar-refractivity contribution in [2.24, 2.45) is 0 Å². The molecule has 0 fully saturated rings. The molecule has 1 heterocycles. The van der Waals surface area contributed by atoms with Crippen molar-refractivity contribution in [3.8, 4) is 11.4 Å². The minimum atomic E-state index is -4.73. The van der Waals surface area contributed by atoms with Gasteiger partial charge in [-0.05, 0) is 48.4 Å². The first-order valence-electron chi connectivity index (χ1n) is 7.84. The van der Waals surface area contributed by atoms with Crippen LogP contribution in [0.5, 0.6) is 5.75 Å². The fraction of sp³-hybridized carbons (Fsp3) is 0.176. The normalized spacial score (nSPS) is 11.4. The van der Waals surface area contributed by atoms with Crippen molar-refractivity contribution < 1.29 is 28.3 Å². The minimum absolute atomic E-state index is 0.0397. The van der Waals surface area contributed by atoms with E-state index in [1.54, 1.807) is 24.3 Å². The van der Waals surface area contributed by atoms with Gasteiger partial charge in [0.25, 0.3) is 0 Å². The van der Waals surface area contributed by atoms with E-state index in [1.165, 1.54) is 35.3 Å². The molecule has 2 N–H and O–H groups in total. The van der Waals surface area contributed by atoms with Crippen LogP contribution in [0.3, 0.4) is 0 Å². The summed E-state index contributed by atoms with van der Waals surface area (Å²) in [5.74, 6) is 0.264. The van der Waals surface area contributed by atoms with Crippen LogP contribution in [-0.2, 0) is 12.8 Å². The highest BCUT2D eigenvalue weighted by molar-refractivity contribution is 5.42. The highest BCUT2D eigenvalue weighted by Gasteiger charge is 2.30. The molecule has 0 saturated heterocycles. The van der Waals surface area contributed by atoms with E-state index < -0.39 is 6.36 Å². The summed E-state index contributed by atoms with van der Waals surface area (Å²) in [6.07, 6.45) is -2.07. The molecule has 0 spiro atoms. The minimum Gasteiger partial charge on any atom is -0.406 e. The Bertz CT molecular complexity index is 878. The van der Waals surface area contributed by atoms with Crippen LogP contribution < -0.4 is 9.96 Å². The van der Waals surface area contributed by atoms with Crippen molar-refractivity contribution in [1.29, 1.82) is 0 Å². The summed E-state index contributed by atoms with van der Waals surface area (Å²) < 4.78 is 41.8. The van der Waals surface area contributed by atoms with E-state index >= 15 is 0 Å². The SMILES string of the molecule is ON(O)c1ccc(CCc2ncn(-c3ccc(OC(F)(F)F)cc3)n2)cc1. The number of alkyl halides is 3. The summed E-state index contributed by atoms with van der Waals surface area (Å²) in [7, 11) is 0. The van der Waals surface area contributed by atoms with Crippen molar-refractivity contribution in [1.82, 2.24) is 14.8 Å². The van der Waals surface area contributed by atoms with Gasteiger partial charge >= 0.3 is 6.36 Å². The van der Waals surface area contributed by atoms with Crippen molar-refractivity contribution in [2.75, 3.05) is 5.23 Å². The predicted octanol–water partition coefficient (Wildman–Crippen LogP) is 3.54. The number of hydrogen-bond donors (Lipinski definition) is 2. The summed E-state index contributed by atoms with van der Waals surface area (Å²) in [6.45, 7) is 0. The van der Waals surface area contributed by atoms with Gasteiger partial charge in [-0.1, -0.05) is 12.1 Å². The van der Waals surface area contributed by atoms with Gasteiger partial charge in [-0.25, -0.2) is 9.67 Å². The van der Waals surface area contributed by atoms with Gasteiger partial charge in [-0.3, -0.25) is 10.4 Å². The van der Waals surface area contributed by atoms with E-state index in [0.29, 0.717) is 24.4 Å². The third-order valence-electron chi connectivity index (χ3n) is 3.68. The largest absolute Gasteiger partial charge is 0.573 e. The van der Waals surface area contributed by atoms with E-state index in [4.69, 9.17) is 10.4 Å². The van der Waals surface area contributed by atoms with Gasteiger partial charge < -0.3 is 4.74 Å². The molecule has 142 valence electrons. The number of hydrogen-bond acceptors (Lipinski definition) is 6. The second-order valence-corrected chi connectivity index (χ2v) is 5.60. The number of aryl methyl sites for hydroxylation is 2. The summed E-state index contributed by atoms with van der Waals surface area (Å²) >= 11 is 0. The molecule has 3 rings (SSSR count). The Balaban J connectivity index is 1.61. The smallest absolute Gasteiger partial charge is 0.406 e. The van der Waals surface area contributed by atoms with Crippen molar-refractivity contribution >= 4 is 5.69 Å². The van der Waals surface area contributed by atoms with Crippen LogP contribution >= 0.6 is 0 Å². The fourth-order valence-corrected chi connectivity index (χ4v) is 2.39. The zero-order valence-corrected chi connectivity index (χ0v) is 13.8. The number of aromatic nitrogens is 3. The van der Waals surface area contributed by atoms with Crippen LogP contribution in [0, 0.1) is 0 Å². The van der Waals surface area contributed by atoms with E-state index in [9.17, 15) is 13.2 Å². The maximum Gasteiger partial charge on any atom is 0.573 e. The van der Waals surface area contributed by atoms with Crippen LogP contribution in [0.4, 0.5) is 18.9 Å². The average molecular weight is 380 g/mol. The maximum absolute atomic E-state index is 12.2. The number of halogens is 3. The summed E-state index contributed by atoms with van der Waals surface area (Å²) in [4.78, 5) is 4.19. The first-order valence-corrected chi connectivity index (χ1v) is 7.84. The molecular formula is C17H15F3N4O3. The number of rotatable bonds is 6. The second kappa shape index (κ2) is 7.64. The molecule has 3 aromatic rings. The fourth-order valence-electron chi connectivity index (χ4n) is 2.39. The summed E-state index contributed by atoms with van der Waals surface area (Å²) in [5, 5.41) is 22.2. The Morgan fingerprint density at radius 2 is 1.63 bits per heavy atom. The monoisotopic (exact) mass is 380 g/mol. The second-order valence-electron chi connectivity index (χ2n) is 5.60. The number of benzene rings is 2. The lowest BCUT2D eigenvalue weighted by atomic mass is 10.1. The Morgan fingerprint density at radius 3 is 2.22 bits per heavy atom. The molecule has 0 aliphatic heterocycles. The maximum atomic E-state index is 12.2. The van der Waals surface area contributed by atoms with Gasteiger partial charge in [0, 0.05) is 6.42 Å². The van der Waals surface area contributed by atoms with Gasteiger partial charge in [0.05, 0.1) is 11.4 Å². The zero-order chi connectivity index (χ0) is 19.4. The molecule has 0 amide bonds. The first kappa shape index (κ1) is 18.7. The van der Waals surface area contributed by atoms with Gasteiger partial charge in [0.1, 0.15) is 12.1 Å². The Labute approximate surface area is 151 Å². The molecule has 0 bridgehead atoms. The lowest BCUT2D eigenvalue weighted by Gasteiger charge is -2.09. The van der Waals surface area contributed by atoms with Crippen molar-refractivity contribution in [3.63, 3.8) is 0 Å². The van der Waals surface area contributed by atoms with Crippen LogP contribution in [0.2, 0.25) is 0 Å². The molecule has 0 saturated carbocycles. The Hall–Kier alpha value is -3.11. The van der Waals surface area contributed by atoms with Crippen LogP contribution in [0.15, 0.2) is 54.9 Å². The Kier molecular flexibility index (Phi) is 5.28. The summed E-state index contributed by atoms with van der Waals surface area (Å²) in [5.41, 5.74) is 1.77. The topological polar surface area (TPSA) is 83.6 Å². The number of anilines is 1. The van der Waals surface area contributed by atoms with Crippen molar-refractivity contribution in [2.45, 2.75) is 19.2 Å². The molecule has 0 atom stereocenters. The van der Waals surface area contributed by atoms with Crippen LogP contribution in [0.25, 0.3) is 5.69 Å². The summed E-state index contributed by atoms with van der Waals surface area (Å²) in [6, 6.07) is 11.9. The van der Waals surface area contributed by atoms with Crippen LogP contribution in [0.1, 0.15) is 11.4 Å². The highest BCUT2D eigenvalue weighted by Crippen LogP contribution is 2.23. The van der Waals surface area contributed by atoms with Crippen LogP contribution in [-0.4, -0.2) is 31.5 Å².